The van der Waals surface area contributed by atoms with Gasteiger partial charge in [0.15, 0.2) is 0 Å². The van der Waals surface area contributed by atoms with Crippen LogP contribution >= 0.6 is 0 Å². The number of nitriles is 1. The molecule has 1 aromatic rings. The minimum atomic E-state index is -4.74. The van der Waals surface area contributed by atoms with E-state index in [1.54, 1.807) is 13.8 Å². The number of hydrogen-bond donors (Lipinski definition) is 0. The van der Waals surface area contributed by atoms with E-state index in [-0.39, 0.29) is 12.4 Å². The van der Waals surface area contributed by atoms with E-state index in [4.69, 9.17) is 10.00 Å². The quantitative estimate of drug-likeness (QED) is 0.588. The van der Waals surface area contributed by atoms with Crippen molar-refractivity contribution in [3.8, 4) is 11.8 Å². The normalized spacial score (nSPS) is 12.1. The van der Waals surface area contributed by atoms with Crippen molar-refractivity contribution in [1.29, 1.82) is 5.26 Å². The molecule has 0 aliphatic rings. The summed E-state index contributed by atoms with van der Waals surface area (Å²) in [6.07, 6.45) is -3.65. The summed E-state index contributed by atoms with van der Waals surface area (Å²) in [6, 6.07) is 4.65. The van der Waals surface area contributed by atoms with E-state index in [1.165, 1.54) is 0 Å². The standard InChI is InChI=1S/C14H15F4NO/c1-13(2,9-19)6-3-7-20-10-4-5-12(15)11(8-10)14(16,17)18/h4-5,8H,3,6-7H2,1-2H3. The smallest absolute Gasteiger partial charge is 0.419 e. The SMILES string of the molecule is CC(C)(C#N)CCCOc1ccc(F)c(C(F)(F)F)c1. The predicted octanol–water partition coefficient (Wildman–Crippen LogP) is 4.55. The fourth-order valence-electron chi connectivity index (χ4n) is 1.57. The van der Waals surface area contributed by atoms with Crippen LogP contribution in [-0.4, -0.2) is 6.61 Å². The Morgan fingerprint density at radius 1 is 1.25 bits per heavy atom. The molecule has 6 heteroatoms. The van der Waals surface area contributed by atoms with Crippen LogP contribution in [-0.2, 0) is 6.18 Å². The largest absolute Gasteiger partial charge is 0.494 e. The lowest BCUT2D eigenvalue weighted by molar-refractivity contribution is -0.140. The first kappa shape index (κ1) is 16.3. The van der Waals surface area contributed by atoms with Gasteiger partial charge >= 0.3 is 6.18 Å². The van der Waals surface area contributed by atoms with Crippen molar-refractivity contribution in [3.63, 3.8) is 0 Å². The summed E-state index contributed by atoms with van der Waals surface area (Å²) in [4.78, 5) is 0. The Balaban J connectivity index is 2.60. The van der Waals surface area contributed by atoms with Gasteiger partial charge in [-0.1, -0.05) is 0 Å². The monoisotopic (exact) mass is 289 g/mol. The first-order chi connectivity index (χ1) is 9.15. The minimum absolute atomic E-state index is 0.0338. The first-order valence-corrected chi connectivity index (χ1v) is 6.06. The van der Waals surface area contributed by atoms with Gasteiger partial charge in [-0.2, -0.15) is 18.4 Å². The van der Waals surface area contributed by atoms with Crippen LogP contribution in [0, 0.1) is 22.6 Å². The van der Waals surface area contributed by atoms with Crippen molar-refractivity contribution in [1.82, 2.24) is 0 Å². The van der Waals surface area contributed by atoms with Gasteiger partial charge in [-0.15, -0.1) is 0 Å². The van der Waals surface area contributed by atoms with Crippen molar-refractivity contribution in [3.05, 3.63) is 29.6 Å². The number of nitrogens with zero attached hydrogens (tertiary/aromatic N) is 1. The predicted molar refractivity (Wildman–Crippen MR) is 65.5 cm³/mol. The lowest BCUT2D eigenvalue weighted by atomic mass is 9.90. The maximum absolute atomic E-state index is 13.0. The van der Waals surface area contributed by atoms with Gasteiger partial charge in [-0.25, -0.2) is 4.39 Å². The van der Waals surface area contributed by atoms with Gasteiger partial charge in [0.05, 0.1) is 23.7 Å². The zero-order valence-corrected chi connectivity index (χ0v) is 11.2. The maximum atomic E-state index is 13.0. The highest BCUT2D eigenvalue weighted by Crippen LogP contribution is 2.33. The zero-order chi connectivity index (χ0) is 15.4. The second-order valence-corrected chi connectivity index (χ2v) is 5.09. The molecule has 0 N–H and O–H groups in total. The summed E-state index contributed by atoms with van der Waals surface area (Å²) < 4.78 is 55.7. The van der Waals surface area contributed by atoms with Gasteiger partial charge in [0, 0.05) is 0 Å². The second kappa shape index (κ2) is 6.12. The summed E-state index contributed by atoms with van der Waals surface area (Å²) >= 11 is 0. The molecule has 0 amide bonds. The molecule has 1 rings (SSSR count). The molecule has 110 valence electrons. The average Bonchev–Trinajstić information content (AvgIpc) is 2.35. The molecule has 0 aliphatic carbocycles. The van der Waals surface area contributed by atoms with Crippen molar-refractivity contribution in [2.24, 2.45) is 5.41 Å². The fraction of sp³-hybridized carbons (Fsp3) is 0.500. The minimum Gasteiger partial charge on any atom is -0.494 e. The van der Waals surface area contributed by atoms with Crippen molar-refractivity contribution in [2.45, 2.75) is 32.9 Å². The van der Waals surface area contributed by atoms with E-state index in [1.807, 2.05) is 0 Å². The number of halogens is 4. The third kappa shape index (κ3) is 4.72. The average molecular weight is 289 g/mol. The van der Waals surface area contributed by atoms with Crippen molar-refractivity contribution >= 4 is 0 Å². The second-order valence-electron chi connectivity index (χ2n) is 5.09. The number of rotatable bonds is 5. The number of hydrogen-bond acceptors (Lipinski definition) is 2. The lowest BCUT2D eigenvalue weighted by Gasteiger charge is -2.15. The number of benzene rings is 1. The molecule has 0 aromatic heterocycles. The van der Waals surface area contributed by atoms with Gasteiger partial charge in [-0.05, 0) is 44.9 Å². The summed E-state index contributed by atoms with van der Waals surface area (Å²) in [5.41, 5.74) is -1.84. The number of ether oxygens (including phenoxy) is 1. The topological polar surface area (TPSA) is 33.0 Å². The van der Waals surface area contributed by atoms with Gasteiger partial charge < -0.3 is 4.74 Å². The highest BCUT2D eigenvalue weighted by molar-refractivity contribution is 5.31. The maximum Gasteiger partial charge on any atom is 0.419 e. The molecule has 0 spiro atoms. The van der Waals surface area contributed by atoms with Crippen LogP contribution in [0.3, 0.4) is 0 Å². The summed E-state index contributed by atoms with van der Waals surface area (Å²) in [7, 11) is 0. The lowest BCUT2D eigenvalue weighted by Crippen LogP contribution is -2.11. The summed E-state index contributed by atoms with van der Waals surface area (Å²) in [5, 5.41) is 8.81. The Morgan fingerprint density at radius 3 is 2.45 bits per heavy atom. The molecular weight excluding hydrogens is 274 g/mol. The van der Waals surface area contributed by atoms with E-state index < -0.39 is 23.0 Å². The van der Waals surface area contributed by atoms with Gasteiger partial charge in [0.25, 0.3) is 0 Å². The Kier molecular flexibility index (Phi) is 4.98. The van der Waals surface area contributed by atoms with Gasteiger partial charge in [0.1, 0.15) is 11.6 Å². The van der Waals surface area contributed by atoms with Crippen LogP contribution in [0.2, 0.25) is 0 Å². The fourth-order valence-corrected chi connectivity index (χ4v) is 1.57. The first-order valence-electron chi connectivity index (χ1n) is 6.06. The van der Waals surface area contributed by atoms with Gasteiger partial charge in [0.2, 0.25) is 0 Å². The van der Waals surface area contributed by atoms with Gasteiger partial charge in [-0.3, -0.25) is 0 Å². The number of alkyl halides is 3. The van der Waals surface area contributed by atoms with E-state index in [0.717, 1.165) is 12.1 Å². The summed E-state index contributed by atoms with van der Waals surface area (Å²) in [5.74, 6) is -1.36. The molecule has 0 unspecified atom stereocenters. The van der Waals surface area contributed by atoms with E-state index >= 15 is 0 Å². The van der Waals surface area contributed by atoms with E-state index in [9.17, 15) is 17.6 Å². The van der Waals surface area contributed by atoms with Crippen LogP contribution in [0.1, 0.15) is 32.3 Å². The van der Waals surface area contributed by atoms with Crippen LogP contribution in [0.15, 0.2) is 18.2 Å². The molecule has 0 radical (unpaired) electrons. The molecule has 0 heterocycles. The molecule has 0 saturated heterocycles. The summed E-state index contributed by atoms with van der Waals surface area (Å²) in [6.45, 7) is 3.72. The Hall–Kier alpha value is -1.77. The third-order valence-electron chi connectivity index (χ3n) is 2.76. The van der Waals surface area contributed by atoms with Crippen LogP contribution < -0.4 is 4.74 Å². The molecule has 0 bridgehead atoms. The van der Waals surface area contributed by atoms with Crippen molar-refractivity contribution in [2.75, 3.05) is 6.61 Å². The van der Waals surface area contributed by atoms with Crippen molar-refractivity contribution < 1.29 is 22.3 Å². The highest BCUT2D eigenvalue weighted by Gasteiger charge is 2.34. The van der Waals surface area contributed by atoms with E-state index in [0.29, 0.717) is 18.9 Å². The van der Waals surface area contributed by atoms with Crippen LogP contribution in [0.5, 0.6) is 5.75 Å². The molecular formula is C14H15F4NO. The Labute approximate surface area is 115 Å². The third-order valence-corrected chi connectivity index (χ3v) is 2.76. The molecule has 1 aromatic carbocycles. The Morgan fingerprint density at radius 2 is 1.90 bits per heavy atom. The molecule has 0 aliphatic heterocycles. The molecule has 20 heavy (non-hydrogen) atoms. The van der Waals surface area contributed by atoms with Crippen LogP contribution in [0.25, 0.3) is 0 Å². The highest BCUT2D eigenvalue weighted by atomic mass is 19.4. The Bertz CT molecular complexity index is 503. The van der Waals surface area contributed by atoms with E-state index in [2.05, 4.69) is 6.07 Å². The molecule has 0 atom stereocenters. The van der Waals surface area contributed by atoms with Crippen LogP contribution in [0.4, 0.5) is 17.6 Å². The molecule has 0 saturated carbocycles. The molecule has 2 nitrogen and oxygen atoms in total. The zero-order valence-electron chi connectivity index (χ0n) is 11.2. The molecule has 0 fully saturated rings.